The molecule has 1 heteroatoms. The largest absolute Gasteiger partial charge is 0.393 e. The minimum absolute atomic E-state index is 0.181. The van der Waals surface area contributed by atoms with Crippen LogP contribution in [0.15, 0.2) is 0 Å². The van der Waals surface area contributed by atoms with E-state index in [0.29, 0.717) is 0 Å². The van der Waals surface area contributed by atoms with Crippen LogP contribution in [-0.4, -0.2) is 11.2 Å². The third kappa shape index (κ3) is 2.63. The van der Waals surface area contributed by atoms with E-state index < -0.39 is 0 Å². The molecule has 1 unspecified atom stereocenters. The second-order valence-corrected chi connectivity index (χ2v) is 2.00. The molecule has 0 aromatic carbocycles. The van der Waals surface area contributed by atoms with Crippen molar-refractivity contribution in [3.05, 3.63) is 5.92 Å². The SMILES string of the molecule is CCC(O)[C](C)C. The fraction of sp³-hybridized carbons (Fsp3) is 0.833. The summed E-state index contributed by atoms with van der Waals surface area (Å²) >= 11 is 0. The van der Waals surface area contributed by atoms with Gasteiger partial charge in [0.25, 0.3) is 0 Å². The Balaban J connectivity index is 3.14. The van der Waals surface area contributed by atoms with Crippen LogP contribution in [0.3, 0.4) is 0 Å². The maximum absolute atomic E-state index is 8.90. The zero-order valence-electron chi connectivity index (χ0n) is 5.23. The van der Waals surface area contributed by atoms with Gasteiger partial charge < -0.3 is 5.11 Å². The maximum Gasteiger partial charge on any atom is 0.0594 e. The summed E-state index contributed by atoms with van der Waals surface area (Å²) in [6, 6.07) is 0. The van der Waals surface area contributed by atoms with Gasteiger partial charge in [-0.05, 0) is 12.3 Å². The molecule has 0 aromatic rings. The molecule has 0 rings (SSSR count). The highest BCUT2D eigenvalue weighted by molar-refractivity contribution is 4.85. The van der Waals surface area contributed by atoms with Gasteiger partial charge in [-0.15, -0.1) is 0 Å². The lowest BCUT2D eigenvalue weighted by molar-refractivity contribution is 0.184. The second kappa shape index (κ2) is 3.03. The van der Waals surface area contributed by atoms with Gasteiger partial charge in [0.15, 0.2) is 0 Å². The molecule has 1 atom stereocenters. The number of aliphatic hydroxyl groups is 1. The molecule has 1 N–H and O–H groups in total. The molecule has 0 bridgehead atoms. The zero-order valence-corrected chi connectivity index (χ0v) is 5.23. The summed E-state index contributed by atoms with van der Waals surface area (Å²) in [6.07, 6.45) is 0.655. The summed E-state index contributed by atoms with van der Waals surface area (Å²) in [5.74, 6) is 1.10. The van der Waals surface area contributed by atoms with Gasteiger partial charge in [0, 0.05) is 0 Å². The van der Waals surface area contributed by atoms with Crippen molar-refractivity contribution in [3.63, 3.8) is 0 Å². The predicted octanol–water partition coefficient (Wildman–Crippen LogP) is 1.37. The van der Waals surface area contributed by atoms with Gasteiger partial charge in [-0.25, -0.2) is 0 Å². The number of rotatable bonds is 2. The average Bonchev–Trinajstić information content (AvgIpc) is 1.65. The van der Waals surface area contributed by atoms with Gasteiger partial charge in [0.2, 0.25) is 0 Å². The number of aliphatic hydroxyl groups excluding tert-OH is 1. The lowest BCUT2D eigenvalue weighted by Crippen LogP contribution is -2.09. The average molecular weight is 101 g/mol. The van der Waals surface area contributed by atoms with Crippen molar-refractivity contribution in [2.24, 2.45) is 0 Å². The third-order valence-electron chi connectivity index (χ3n) is 1.05. The molecule has 0 spiro atoms. The molecule has 0 fully saturated rings. The highest BCUT2D eigenvalue weighted by Gasteiger charge is 2.03. The van der Waals surface area contributed by atoms with Gasteiger partial charge in [-0.3, -0.25) is 0 Å². The first kappa shape index (κ1) is 6.96. The molecule has 7 heavy (non-hydrogen) atoms. The van der Waals surface area contributed by atoms with Crippen LogP contribution in [-0.2, 0) is 0 Å². The quantitative estimate of drug-likeness (QED) is 0.557. The summed E-state index contributed by atoms with van der Waals surface area (Å²) < 4.78 is 0. The first-order valence-electron chi connectivity index (χ1n) is 2.66. The Hall–Kier alpha value is -0.0400. The van der Waals surface area contributed by atoms with E-state index in [-0.39, 0.29) is 6.10 Å². The summed E-state index contributed by atoms with van der Waals surface area (Å²) in [5, 5.41) is 8.90. The normalized spacial score (nSPS) is 15.0. The Morgan fingerprint density at radius 2 is 2.00 bits per heavy atom. The van der Waals surface area contributed by atoms with E-state index >= 15 is 0 Å². The monoisotopic (exact) mass is 101 g/mol. The van der Waals surface area contributed by atoms with Crippen LogP contribution >= 0.6 is 0 Å². The maximum atomic E-state index is 8.90. The minimum atomic E-state index is -0.181. The van der Waals surface area contributed by atoms with Crippen LogP contribution in [0.4, 0.5) is 0 Å². The van der Waals surface area contributed by atoms with E-state index in [0.717, 1.165) is 12.3 Å². The van der Waals surface area contributed by atoms with Gasteiger partial charge in [0.1, 0.15) is 0 Å². The molecule has 0 saturated heterocycles. The van der Waals surface area contributed by atoms with E-state index in [2.05, 4.69) is 0 Å². The van der Waals surface area contributed by atoms with Gasteiger partial charge in [-0.2, -0.15) is 0 Å². The molecule has 0 amide bonds. The van der Waals surface area contributed by atoms with E-state index in [9.17, 15) is 0 Å². The standard InChI is InChI=1S/C6H13O/c1-4-6(7)5(2)3/h6-7H,4H2,1-3H3. The Bertz CT molecular complexity index is 41.4. The number of hydrogen-bond acceptors (Lipinski definition) is 1. The second-order valence-electron chi connectivity index (χ2n) is 2.00. The van der Waals surface area contributed by atoms with Crippen LogP contribution < -0.4 is 0 Å². The molecule has 0 aliphatic heterocycles. The molecule has 1 nitrogen and oxygen atoms in total. The summed E-state index contributed by atoms with van der Waals surface area (Å²) in [6.45, 7) is 5.85. The van der Waals surface area contributed by atoms with Crippen molar-refractivity contribution in [2.45, 2.75) is 33.3 Å². The predicted molar refractivity (Wildman–Crippen MR) is 30.9 cm³/mol. The Morgan fingerprint density at radius 3 is 2.00 bits per heavy atom. The summed E-state index contributed by atoms with van der Waals surface area (Å²) in [5.41, 5.74) is 0. The van der Waals surface area contributed by atoms with Crippen molar-refractivity contribution >= 4 is 0 Å². The van der Waals surface area contributed by atoms with Crippen molar-refractivity contribution in [2.75, 3.05) is 0 Å². The van der Waals surface area contributed by atoms with Crippen LogP contribution in [0.5, 0.6) is 0 Å². The van der Waals surface area contributed by atoms with E-state index in [1.54, 1.807) is 0 Å². The Kier molecular flexibility index (Phi) is 3.01. The lowest BCUT2D eigenvalue weighted by Gasteiger charge is -2.08. The van der Waals surface area contributed by atoms with Crippen molar-refractivity contribution < 1.29 is 5.11 Å². The molecule has 1 radical (unpaired) electrons. The molecule has 0 aromatic heterocycles. The molecular weight excluding hydrogens is 88.1 g/mol. The fourth-order valence-corrected chi connectivity index (χ4v) is 0.408. The first-order chi connectivity index (χ1) is 3.18. The zero-order chi connectivity index (χ0) is 5.86. The summed E-state index contributed by atoms with van der Waals surface area (Å²) in [4.78, 5) is 0. The van der Waals surface area contributed by atoms with Crippen LogP contribution in [0.1, 0.15) is 27.2 Å². The fourth-order valence-electron chi connectivity index (χ4n) is 0.408. The highest BCUT2D eigenvalue weighted by atomic mass is 16.3. The topological polar surface area (TPSA) is 20.2 Å². The van der Waals surface area contributed by atoms with Crippen LogP contribution in [0, 0.1) is 5.92 Å². The Labute approximate surface area is 45.4 Å². The molecule has 0 aliphatic carbocycles. The molecule has 0 aliphatic rings. The summed E-state index contributed by atoms with van der Waals surface area (Å²) in [7, 11) is 0. The highest BCUT2D eigenvalue weighted by Crippen LogP contribution is 2.05. The first-order valence-corrected chi connectivity index (χ1v) is 2.66. The van der Waals surface area contributed by atoms with Crippen molar-refractivity contribution in [1.82, 2.24) is 0 Å². The van der Waals surface area contributed by atoms with Crippen LogP contribution in [0.2, 0.25) is 0 Å². The molecule has 0 heterocycles. The van der Waals surface area contributed by atoms with E-state index in [1.807, 2.05) is 20.8 Å². The smallest absolute Gasteiger partial charge is 0.0594 e. The van der Waals surface area contributed by atoms with Crippen LogP contribution in [0.25, 0.3) is 0 Å². The molecular formula is C6H13O. The molecule has 43 valence electrons. The lowest BCUT2D eigenvalue weighted by atomic mass is 10.1. The van der Waals surface area contributed by atoms with Gasteiger partial charge >= 0.3 is 0 Å². The van der Waals surface area contributed by atoms with Crippen molar-refractivity contribution in [1.29, 1.82) is 0 Å². The number of hydrogen-bond donors (Lipinski definition) is 1. The molecule has 0 saturated carbocycles. The minimum Gasteiger partial charge on any atom is -0.393 e. The van der Waals surface area contributed by atoms with E-state index in [4.69, 9.17) is 5.11 Å². The third-order valence-corrected chi connectivity index (χ3v) is 1.05. The van der Waals surface area contributed by atoms with Gasteiger partial charge in [0.05, 0.1) is 6.10 Å². The Morgan fingerprint density at radius 1 is 1.57 bits per heavy atom. The van der Waals surface area contributed by atoms with E-state index in [1.165, 1.54) is 0 Å². The van der Waals surface area contributed by atoms with Crippen molar-refractivity contribution in [3.8, 4) is 0 Å². The van der Waals surface area contributed by atoms with Gasteiger partial charge in [-0.1, -0.05) is 20.8 Å².